The van der Waals surface area contributed by atoms with Crippen molar-refractivity contribution in [1.29, 1.82) is 0 Å². The van der Waals surface area contributed by atoms with Crippen LogP contribution in [-0.2, 0) is 0 Å². The number of benzene rings is 2. The lowest BCUT2D eigenvalue weighted by Crippen LogP contribution is -2.15. The molecule has 0 unspecified atom stereocenters. The van der Waals surface area contributed by atoms with E-state index in [1.807, 2.05) is 63.2 Å². The van der Waals surface area contributed by atoms with Gasteiger partial charge in [-0.25, -0.2) is 9.97 Å². The van der Waals surface area contributed by atoms with E-state index in [-0.39, 0.29) is 5.91 Å². The average Bonchev–Trinajstić information content (AvgIpc) is 2.60. The van der Waals surface area contributed by atoms with E-state index < -0.39 is 0 Å². The first-order valence-electron chi connectivity index (χ1n) is 8.06. The molecule has 1 heterocycles. The van der Waals surface area contributed by atoms with Gasteiger partial charge in [-0.15, -0.1) is 0 Å². The van der Waals surface area contributed by atoms with E-state index >= 15 is 0 Å². The van der Waals surface area contributed by atoms with Gasteiger partial charge in [-0.3, -0.25) is 4.79 Å². The maximum absolute atomic E-state index is 12.4. The van der Waals surface area contributed by atoms with Crippen molar-refractivity contribution in [3.63, 3.8) is 0 Å². The highest BCUT2D eigenvalue weighted by Crippen LogP contribution is 2.16. The highest BCUT2D eigenvalue weighted by atomic mass is 16.1. The normalized spacial score (nSPS) is 10.4. The van der Waals surface area contributed by atoms with Gasteiger partial charge in [0.15, 0.2) is 0 Å². The van der Waals surface area contributed by atoms with Crippen LogP contribution in [0.2, 0.25) is 0 Å². The fourth-order valence-electron chi connectivity index (χ4n) is 2.33. The summed E-state index contributed by atoms with van der Waals surface area (Å²) >= 11 is 0. The molecule has 0 saturated carbocycles. The molecule has 25 heavy (non-hydrogen) atoms. The van der Waals surface area contributed by atoms with Crippen LogP contribution in [0.15, 0.2) is 54.7 Å². The Morgan fingerprint density at radius 2 is 1.60 bits per heavy atom. The molecule has 0 aliphatic heterocycles. The Morgan fingerprint density at radius 1 is 0.880 bits per heavy atom. The first-order valence-corrected chi connectivity index (χ1v) is 8.06. The molecule has 0 radical (unpaired) electrons. The zero-order chi connectivity index (χ0) is 17.8. The smallest absolute Gasteiger partial charge is 0.274 e. The number of anilines is 3. The van der Waals surface area contributed by atoms with Gasteiger partial charge in [0.2, 0.25) is 5.95 Å². The lowest BCUT2D eigenvalue weighted by molar-refractivity contribution is 0.102. The molecule has 0 aliphatic rings. The Labute approximate surface area is 147 Å². The molecule has 3 rings (SSSR count). The number of aromatic nitrogens is 2. The van der Waals surface area contributed by atoms with Crippen molar-refractivity contribution in [2.24, 2.45) is 0 Å². The summed E-state index contributed by atoms with van der Waals surface area (Å²) in [4.78, 5) is 20.9. The van der Waals surface area contributed by atoms with Crippen LogP contribution in [0.3, 0.4) is 0 Å². The molecule has 5 nitrogen and oxygen atoms in total. The van der Waals surface area contributed by atoms with Crippen molar-refractivity contribution < 1.29 is 4.79 Å². The van der Waals surface area contributed by atoms with Gasteiger partial charge in [0.05, 0.1) is 0 Å². The molecular weight excluding hydrogens is 312 g/mol. The first kappa shape index (κ1) is 16.6. The van der Waals surface area contributed by atoms with E-state index in [1.54, 1.807) is 12.3 Å². The molecule has 5 heteroatoms. The van der Waals surface area contributed by atoms with Crippen molar-refractivity contribution in [1.82, 2.24) is 9.97 Å². The lowest BCUT2D eigenvalue weighted by atomic mass is 10.1. The van der Waals surface area contributed by atoms with E-state index in [0.717, 1.165) is 16.9 Å². The van der Waals surface area contributed by atoms with Gasteiger partial charge < -0.3 is 10.6 Å². The van der Waals surface area contributed by atoms with Crippen molar-refractivity contribution in [3.05, 3.63) is 77.1 Å². The second-order valence-electron chi connectivity index (χ2n) is 6.01. The van der Waals surface area contributed by atoms with Crippen molar-refractivity contribution in [2.75, 3.05) is 10.6 Å². The molecule has 0 atom stereocenters. The molecule has 0 bridgehead atoms. The molecule has 0 aliphatic carbocycles. The average molecular weight is 332 g/mol. The standard InChI is InChI=1S/C20H20N4O/c1-13-4-7-16(8-5-13)23-20-21-11-10-18(24-20)19(25)22-17-9-6-14(2)15(3)12-17/h4-12H,1-3H3,(H,22,25)(H,21,23,24). The minimum absolute atomic E-state index is 0.266. The number of nitrogens with one attached hydrogen (secondary N) is 2. The van der Waals surface area contributed by atoms with Gasteiger partial charge in [0, 0.05) is 17.6 Å². The Hall–Kier alpha value is -3.21. The van der Waals surface area contributed by atoms with Crippen LogP contribution >= 0.6 is 0 Å². The summed E-state index contributed by atoms with van der Waals surface area (Å²) in [5.74, 6) is 0.120. The van der Waals surface area contributed by atoms with Crippen LogP contribution in [0.25, 0.3) is 0 Å². The molecule has 126 valence electrons. The third-order valence-electron chi connectivity index (χ3n) is 3.96. The van der Waals surface area contributed by atoms with Crippen molar-refractivity contribution >= 4 is 23.2 Å². The summed E-state index contributed by atoms with van der Waals surface area (Å²) in [5, 5.41) is 5.97. The van der Waals surface area contributed by atoms with Crippen molar-refractivity contribution in [2.45, 2.75) is 20.8 Å². The van der Waals surface area contributed by atoms with Crippen LogP contribution in [0.5, 0.6) is 0 Å². The van der Waals surface area contributed by atoms with Gasteiger partial charge in [-0.05, 0) is 62.2 Å². The minimum atomic E-state index is -0.266. The van der Waals surface area contributed by atoms with Gasteiger partial charge in [0.1, 0.15) is 5.69 Å². The van der Waals surface area contributed by atoms with Gasteiger partial charge in [0.25, 0.3) is 5.91 Å². The summed E-state index contributed by atoms with van der Waals surface area (Å²) in [6, 6.07) is 15.3. The summed E-state index contributed by atoms with van der Waals surface area (Å²) < 4.78 is 0. The van der Waals surface area contributed by atoms with Gasteiger partial charge in [-0.1, -0.05) is 23.8 Å². The van der Waals surface area contributed by atoms with Gasteiger partial charge >= 0.3 is 0 Å². The summed E-state index contributed by atoms with van der Waals surface area (Å²) in [7, 11) is 0. The number of amides is 1. The lowest BCUT2D eigenvalue weighted by Gasteiger charge is -2.09. The van der Waals surface area contributed by atoms with Gasteiger partial charge in [-0.2, -0.15) is 0 Å². The molecule has 0 fully saturated rings. The van der Waals surface area contributed by atoms with Crippen LogP contribution in [0.4, 0.5) is 17.3 Å². The number of rotatable bonds is 4. The highest BCUT2D eigenvalue weighted by Gasteiger charge is 2.10. The third-order valence-corrected chi connectivity index (χ3v) is 3.96. The molecule has 2 N–H and O–H groups in total. The zero-order valence-electron chi connectivity index (χ0n) is 14.5. The largest absolute Gasteiger partial charge is 0.324 e. The summed E-state index contributed by atoms with van der Waals surface area (Å²) in [6.45, 7) is 6.08. The Kier molecular flexibility index (Phi) is 4.75. The molecule has 1 aromatic heterocycles. The molecule has 3 aromatic rings. The van der Waals surface area contributed by atoms with E-state index in [4.69, 9.17) is 0 Å². The number of nitrogens with zero attached hydrogens (tertiary/aromatic N) is 2. The predicted molar refractivity (Wildman–Crippen MR) is 100 cm³/mol. The van der Waals surface area contributed by atoms with Crippen LogP contribution < -0.4 is 10.6 Å². The Balaban J connectivity index is 1.74. The van der Waals surface area contributed by atoms with E-state index in [9.17, 15) is 4.79 Å². The number of carbonyl (C=O) groups excluding carboxylic acids is 1. The zero-order valence-corrected chi connectivity index (χ0v) is 14.5. The number of hydrogen-bond donors (Lipinski definition) is 2. The number of aryl methyl sites for hydroxylation is 3. The quantitative estimate of drug-likeness (QED) is 0.743. The maximum atomic E-state index is 12.4. The molecule has 2 aromatic carbocycles. The third kappa shape index (κ3) is 4.20. The second-order valence-corrected chi connectivity index (χ2v) is 6.01. The molecule has 1 amide bonds. The minimum Gasteiger partial charge on any atom is -0.324 e. The predicted octanol–water partition coefficient (Wildman–Crippen LogP) is 4.40. The van der Waals surface area contributed by atoms with Crippen LogP contribution in [0.1, 0.15) is 27.2 Å². The maximum Gasteiger partial charge on any atom is 0.274 e. The van der Waals surface area contributed by atoms with Crippen molar-refractivity contribution in [3.8, 4) is 0 Å². The topological polar surface area (TPSA) is 66.9 Å². The SMILES string of the molecule is Cc1ccc(Nc2nccc(C(=O)Nc3ccc(C)c(C)c3)n2)cc1. The Morgan fingerprint density at radius 3 is 2.32 bits per heavy atom. The number of carbonyl (C=O) groups is 1. The fraction of sp³-hybridized carbons (Fsp3) is 0.150. The molecule has 0 spiro atoms. The monoisotopic (exact) mass is 332 g/mol. The molecule has 0 saturated heterocycles. The fourth-order valence-corrected chi connectivity index (χ4v) is 2.33. The molecular formula is C20H20N4O. The van der Waals surface area contributed by atoms with E-state index in [0.29, 0.717) is 11.6 Å². The van der Waals surface area contributed by atoms with E-state index in [2.05, 4.69) is 20.6 Å². The summed E-state index contributed by atoms with van der Waals surface area (Å²) in [5.41, 5.74) is 5.42. The number of hydrogen-bond acceptors (Lipinski definition) is 4. The highest BCUT2D eigenvalue weighted by molar-refractivity contribution is 6.03. The summed E-state index contributed by atoms with van der Waals surface area (Å²) in [6.07, 6.45) is 1.57. The van der Waals surface area contributed by atoms with Crippen LogP contribution in [-0.4, -0.2) is 15.9 Å². The Bertz CT molecular complexity index is 904. The first-order chi connectivity index (χ1) is 12.0. The second kappa shape index (κ2) is 7.13. The van der Waals surface area contributed by atoms with Crippen LogP contribution in [0, 0.1) is 20.8 Å². The van der Waals surface area contributed by atoms with E-state index in [1.165, 1.54) is 11.1 Å².